The van der Waals surface area contributed by atoms with Crippen molar-refractivity contribution >= 4 is 25.3 Å². The summed E-state index contributed by atoms with van der Waals surface area (Å²) in [6.45, 7) is 8.36. The number of ether oxygens (including phenoxy) is 2. The lowest BCUT2D eigenvalue weighted by Gasteiger charge is -2.14. The van der Waals surface area contributed by atoms with Crippen LogP contribution in [-0.4, -0.2) is 23.7 Å². The number of thiol groups is 2. The molecule has 0 heterocycles. The molecule has 0 spiro atoms. The van der Waals surface area contributed by atoms with Crippen LogP contribution in [0, 0.1) is 0 Å². The van der Waals surface area contributed by atoms with E-state index >= 15 is 0 Å². The lowest BCUT2D eigenvalue weighted by Crippen LogP contribution is -2.09. The molecule has 0 amide bonds. The highest BCUT2D eigenvalue weighted by atomic mass is 32.1. The highest BCUT2D eigenvalue weighted by Crippen LogP contribution is 2.16. The van der Waals surface area contributed by atoms with Gasteiger partial charge in [-0.25, -0.2) is 0 Å². The van der Waals surface area contributed by atoms with Gasteiger partial charge in [0.2, 0.25) is 0 Å². The van der Waals surface area contributed by atoms with E-state index in [1.807, 2.05) is 0 Å². The molecule has 0 radical (unpaired) electrons. The Morgan fingerprint density at radius 1 is 0.812 bits per heavy atom. The second kappa shape index (κ2) is 11.3. The van der Waals surface area contributed by atoms with Gasteiger partial charge >= 0.3 is 0 Å². The summed E-state index contributed by atoms with van der Waals surface area (Å²) in [5, 5.41) is 0.741. The van der Waals surface area contributed by atoms with Crippen molar-refractivity contribution in [3.63, 3.8) is 0 Å². The van der Waals surface area contributed by atoms with Crippen molar-refractivity contribution in [3.05, 3.63) is 25.7 Å². The van der Waals surface area contributed by atoms with Crippen LogP contribution in [0.4, 0.5) is 0 Å². The Hall–Kier alpha value is -0.220. The van der Waals surface area contributed by atoms with Crippen molar-refractivity contribution in [2.75, 3.05) is 13.2 Å². The minimum atomic E-state index is 0.370. The van der Waals surface area contributed by atoms with Gasteiger partial charge in [0, 0.05) is 10.5 Å². The maximum Gasteiger partial charge on any atom is 0.0883 e. The third-order valence-corrected chi connectivity index (χ3v) is 3.24. The molecule has 0 N–H and O–H groups in total. The first-order valence-corrected chi connectivity index (χ1v) is 6.55. The third-order valence-electron chi connectivity index (χ3n) is 2.21. The van der Waals surface area contributed by atoms with E-state index in [-0.39, 0.29) is 0 Å². The Bertz CT molecular complexity index is 166. The smallest absolute Gasteiger partial charge is 0.0883 e. The Balaban J connectivity index is 3.38. The molecule has 4 heteroatoms. The van der Waals surface area contributed by atoms with E-state index in [0.29, 0.717) is 23.7 Å². The van der Waals surface area contributed by atoms with Gasteiger partial charge in [-0.2, -0.15) is 25.3 Å². The van der Waals surface area contributed by atoms with E-state index in [1.165, 1.54) is 12.5 Å². The van der Waals surface area contributed by atoms with E-state index in [2.05, 4.69) is 38.4 Å². The van der Waals surface area contributed by atoms with Gasteiger partial charge in [0.05, 0.1) is 25.7 Å². The molecule has 0 aliphatic rings. The van der Waals surface area contributed by atoms with Crippen LogP contribution in [0.5, 0.6) is 0 Å². The molecular weight excluding hydrogens is 240 g/mol. The molecule has 0 bridgehead atoms. The average molecular weight is 262 g/mol. The second-order valence-electron chi connectivity index (χ2n) is 3.54. The highest BCUT2D eigenvalue weighted by Gasteiger charge is 2.08. The molecule has 0 aromatic heterocycles. The molecule has 0 saturated carbocycles. The van der Waals surface area contributed by atoms with Gasteiger partial charge < -0.3 is 9.47 Å². The second-order valence-corrected chi connectivity index (χ2v) is 5.00. The maximum absolute atomic E-state index is 5.06. The zero-order valence-electron chi connectivity index (χ0n) is 9.68. The van der Waals surface area contributed by atoms with Gasteiger partial charge in [0.25, 0.3) is 0 Å². The summed E-state index contributed by atoms with van der Waals surface area (Å²) in [5.41, 5.74) is 0. The molecule has 16 heavy (non-hydrogen) atoms. The fourth-order valence-electron chi connectivity index (χ4n) is 1.25. The first-order chi connectivity index (χ1) is 7.70. The molecule has 2 atom stereocenters. The van der Waals surface area contributed by atoms with Gasteiger partial charge in [0.15, 0.2) is 0 Å². The predicted molar refractivity (Wildman–Crippen MR) is 76.3 cm³/mol. The topological polar surface area (TPSA) is 18.5 Å². The van der Waals surface area contributed by atoms with Gasteiger partial charge in [-0.1, -0.05) is 13.2 Å². The summed E-state index contributed by atoms with van der Waals surface area (Å²) in [6.07, 6.45) is 6.92. The summed E-state index contributed by atoms with van der Waals surface area (Å²) in [7, 11) is 0. The quantitative estimate of drug-likeness (QED) is 0.337. The van der Waals surface area contributed by atoms with Crippen molar-refractivity contribution in [1.82, 2.24) is 0 Å². The van der Waals surface area contributed by atoms with Gasteiger partial charge in [-0.3, -0.25) is 0 Å². The Morgan fingerprint density at radius 2 is 1.19 bits per heavy atom. The average Bonchev–Trinajstić information content (AvgIpc) is 2.27. The SMILES string of the molecule is C=COCCC(S)CCC(S)CCOC=C. The largest absolute Gasteiger partial charge is 0.502 e. The van der Waals surface area contributed by atoms with Crippen LogP contribution >= 0.6 is 25.3 Å². The molecule has 0 fully saturated rings. The predicted octanol–water partition coefficient (Wildman–Crippen LogP) is 3.46. The molecular formula is C12H22O2S2. The van der Waals surface area contributed by atoms with Crippen LogP contribution in [-0.2, 0) is 9.47 Å². The number of hydrogen-bond acceptors (Lipinski definition) is 4. The fourth-order valence-corrected chi connectivity index (χ4v) is 1.76. The third kappa shape index (κ3) is 10.3. The molecule has 2 nitrogen and oxygen atoms in total. The van der Waals surface area contributed by atoms with Crippen LogP contribution in [0.25, 0.3) is 0 Å². The van der Waals surface area contributed by atoms with E-state index in [0.717, 1.165) is 25.7 Å². The monoisotopic (exact) mass is 262 g/mol. The minimum absolute atomic E-state index is 0.370. The summed E-state index contributed by atoms with van der Waals surface area (Å²) < 4.78 is 10.1. The first-order valence-electron chi connectivity index (χ1n) is 5.51. The van der Waals surface area contributed by atoms with Crippen LogP contribution in [0.1, 0.15) is 25.7 Å². The summed E-state index contributed by atoms with van der Waals surface area (Å²) in [5.74, 6) is 0. The van der Waals surface area contributed by atoms with E-state index in [9.17, 15) is 0 Å². The number of rotatable bonds is 11. The lowest BCUT2D eigenvalue weighted by atomic mass is 10.1. The Morgan fingerprint density at radius 3 is 1.50 bits per heavy atom. The van der Waals surface area contributed by atoms with Crippen molar-refractivity contribution < 1.29 is 9.47 Å². The molecule has 0 aromatic rings. The van der Waals surface area contributed by atoms with Crippen molar-refractivity contribution in [1.29, 1.82) is 0 Å². The Labute approximate surface area is 110 Å². The minimum Gasteiger partial charge on any atom is -0.502 e. The molecule has 0 aliphatic heterocycles. The van der Waals surface area contributed by atoms with Crippen LogP contribution < -0.4 is 0 Å². The van der Waals surface area contributed by atoms with Crippen molar-refractivity contribution in [3.8, 4) is 0 Å². The fraction of sp³-hybridized carbons (Fsp3) is 0.667. The van der Waals surface area contributed by atoms with Gasteiger partial charge in [-0.15, -0.1) is 0 Å². The standard InChI is InChI=1S/C12H22O2S2/c1-3-13-9-7-11(15)5-6-12(16)8-10-14-4-2/h3-4,11-12,15-16H,1-2,5-10H2. The Kier molecular flexibility index (Phi) is 11.1. The number of hydrogen-bond donors (Lipinski definition) is 2. The molecule has 0 rings (SSSR count). The molecule has 0 saturated heterocycles. The first kappa shape index (κ1) is 15.8. The van der Waals surface area contributed by atoms with E-state index < -0.39 is 0 Å². The van der Waals surface area contributed by atoms with E-state index in [4.69, 9.17) is 9.47 Å². The molecule has 0 aromatic carbocycles. The van der Waals surface area contributed by atoms with Gasteiger partial charge in [0.1, 0.15) is 0 Å². The van der Waals surface area contributed by atoms with Gasteiger partial charge in [-0.05, 0) is 25.7 Å². The molecule has 0 aliphatic carbocycles. The lowest BCUT2D eigenvalue weighted by molar-refractivity contribution is 0.239. The van der Waals surface area contributed by atoms with Crippen molar-refractivity contribution in [2.45, 2.75) is 36.2 Å². The van der Waals surface area contributed by atoms with Crippen LogP contribution in [0.3, 0.4) is 0 Å². The zero-order chi connectivity index (χ0) is 12.2. The zero-order valence-corrected chi connectivity index (χ0v) is 11.5. The highest BCUT2D eigenvalue weighted by molar-refractivity contribution is 7.81. The van der Waals surface area contributed by atoms with Crippen LogP contribution in [0.2, 0.25) is 0 Å². The molecule has 94 valence electrons. The summed E-state index contributed by atoms with van der Waals surface area (Å²) >= 11 is 8.98. The summed E-state index contributed by atoms with van der Waals surface area (Å²) in [6, 6.07) is 0. The normalized spacial score (nSPS) is 13.9. The van der Waals surface area contributed by atoms with E-state index in [1.54, 1.807) is 0 Å². The van der Waals surface area contributed by atoms with Crippen LogP contribution in [0.15, 0.2) is 25.7 Å². The molecule has 2 unspecified atom stereocenters. The maximum atomic E-state index is 5.06. The van der Waals surface area contributed by atoms with Crippen molar-refractivity contribution in [2.24, 2.45) is 0 Å². The summed E-state index contributed by atoms with van der Waals surface area (Å²) in [4.78, 5) is 0.